The summed E-state index contributed by atoms with van der Waals surface area (Å²) in [5.41, 5.74) is 5.86. The smallest absolute Gasteiger partial charge is 0.241 e. The van der Waals surface area contributed by atoms with Gasteiger partial charge in [0, 0.05) is 11.6 Å². The Morgan fingerprint density at radius 1 is 1.35 bits per heavy atom. The first-order chi connectivity index (χ1) is 9.45. The standard InChI is InChI=1S/C14H21FN2O2S/c1-10-12(15)6-4-8-14(10)20(18,19)17-13-7-3-2-5-11(13)9-16/h4,6,8,11,13,17H,2-3,5,7,9,16H2,1H3. The predicted octanol–water partition coefficient (Wildman–Crippen LogP) is 1.93. The first-order valence-corrected chi connectivity index (χ1v) is 8.41. The highest BCUT2D eigenvalue weighted by molar-refractivity contribution is 7.89. The molecule has 1 fully saturated rings. The van der Waals surface area contributed by atoms with Crippen LogP contribution in [0.3, 0.4) is 0 Å². The van der Waals surface area contributed by atoms with E-state index in [9.17, 15) is 12.8 Å². The number of benzene rings is 1. The van der Waals surface area contributed by atoms with Gasteiger partial charge in [0.1, 0.15) is 5.82 Å². The zero-order valence-corrected chi connectivity index (χ0v) is 12.4. The van der Waals surface area contributed by atoms with E-state index < -0.39 is 15.8 Å². The van der Waals surface area contributed by atoms with E-state index in [1.165, 1.54) is 25.1 Å². The fourth-order valence-corrected chi connectivity index (χ4v) is 4.38. The monoisotopic (exact) mass is 300 g/mol. The Balaban J connectivity index is 2.24. The van der Waals surface area contributed by atoms with Crippen molar-refractivity contribution < 1.29 is 12.8 Å². The number of hydrogen-bond donors (Lipinski definition) is 2. The summed E-state index contributed by atoms with van der Waals surface area (Å²) in [6.45, 7) is 1.94. The Bertz CT molecular complexity index is 575. The maximum atomic E-state index is 13.5. The lowest BCUT2D eigenvalue weighted by Gasteiger charge is -2.31. The van der Waals surface area contributed by atoms with Gasteiger partial charge in [-0.15, -0.1) is 0 Å². The first kappa shape index (κ1) is 15.4. The number of nitrogens with two attached hydrogens (primary N) is 1. The molecule has 0 aliphatic heterocycles. The molecule has 2 rings (SSSR count). The molecular weight excluding hydrogens is 279 g/mol. The molecule has 4 nitrogen and oxygen atoms in total. The molecular formula is C14H21FN2O2S. The van der Waals surface area contributed by atoms with Gasteiger partial charge in [-0.2, -0.15) is 0 Å². The largest absolute Gasteiger partial charge is 0.330 e. The van der Waals surface area contributed by atoms with E-state index in [1.54, 1.807) is 0 Å². The number of rotatable bonds is 4. The maximum absolute atomic E-state index is 13.5. The van der Waals surface area contributed by atoms with Crippen molar-refractivity contribution in [3.63, 3.8) is 0 Å². The van der Waals surface area contributed by atoms with Gasteiger partial charge in [0.25, 0.3) is 0 Å². The van der Waals surface area contributed by atoms with Crippen molar-refractivity contribution in [2.45, 2.75) is 43.5 Å². The number of nitrogens with one attached hydrogen (secondary N) is 1. The average Bonchev–Trinajstić information content (AvgIpc) is 2.42. The summed E-state index contributed by atoms with van der Waals surface area (Å²) in [5, 5.41) is 0. The lowest BCUT2D eigenvalue weighted by Crippen LogP contribution is -2.44. The maximum Gasteiger partial charge on any atom is 0.241 e. The molecule has 0 spiro atoms. The van der Waals surface area contributed by atoms with Crippen molar-refractivity contribution in [1.29, 1.82) is 0 Å². The van der Waals surface area contributed by atoms with Crippen molar-refractivity contribution in [2.24, 2.45) is 11.7 Å². The van der Waals surface area contributed by atoms with Crippen LogP contribution >= 0.6 is 0 Å². The summed E-state index contributed by atoms with van der Waals surface area (Å²) >= 11 is 0. The van der Waals surface area contributed by atoms with Crippen molar-refractivity contribution in [2.75, 3.05) is 6.54 Å². The molecule has 0 saturated heterocycles. The van der Waals surface area contributed by atoms with Crippen LogP contribution in [0.4, 0.5) is 4.39 Å². The molecule has 0 amide bonds. The first-order valence-electron chi connectivity index (χ1n) is 6.93. The Morgan fingerprint density at radius 2 is 2.05 bits per heavy atom. The van der Waals surface area contributed by atoms with Gasteiger partial charge in [-0.1, -0.05) is 18.9 Å². The topological polar surface area (TPSA) is 72.2 Å². The second kappa shape index (κ2) is 6.20. The highest BCUT2D eigenvalue weighted by Crippen LogP contribution is 2.26. The summed E-state index contributed by atoms with van der Waals surface area (Å²) in [4.78, 5) is 0.0128. The normalized spacial score (nSPS) is 23.8. The highest BCUT2D eigenvalue weighted by Gasteiger charge is 2.29. The zero-order valence-electron chi connectivity index (χ0n) is 11.6. The van der Waals surface area contributed by atoms with E-state index >= 15 is 0 Å². The minimum atomic E-state index is -3.70. The minimum absolute atomic E-state index is 0.0128. The zero-order chi connectivity index (χ0) is 14.8. The van der Waals surface area contributed by atoms with Crippen molar-refractivity contribution in [3.05, 3.63) is 29.6 Å². The molecule has 112 valence electrons. The Morgan fingerprint density at radius 3 is 2.75 bits per heavy atom. The van der Waals surface area contributed by atoms with Crippen LogP contribution in [0.25, 0.3) is 0 Å². The summed E-state index contributed by atoms with van der Waals surface area (Å²) in [6.07, 6.45) is 3.80. The van der Waals surface area contributed by atoms with Crippen LogP contribution in [0, 0.1) is 18.7 Å². The van der Waals surface area contributed by atoms with E-state index in [4.69, 9.17) is 5.73 Å². The van der Waals surface area contributed by atoms with Crippen LogP contribution in [0.1, 0.15) is 31.2 Å². The third kappa shape index (κ3) is 3.19. The summed E-state index contributed by atoms with van der Waals surface area (Å²) < 4.78 is 41.1. The van der Waals surface area contributed by atoms with Gasteiger partial charge in [-0.25, -0.2) is 17.5 Å². The fraction of sp³-hybridized carbons (Fsp3) is 0.571. The van der Waals surface area contributed by atoms with Crippen LogP contribution in [0.2, 0.25) is 0 Å². The molecule has 6 heteroatoms. The molecule has 2 atom stereocenters. The van der Waals surface area contributed by atoms with Crippen LogP contribution in [0.5, 0.6) is 0 Å². The molecule has 2 unspecified atom stereocenters. The molecule has 0 heterocycles. The highest BCUT2D eigenvalue weighted by atomic mass is 32.2. The third-order valence-electron chi connectivity index (χ3n) is 4.03. The van der Waals surface area contributed by atoms with Gasteiger partial charge in [-0.05, 0) is 44.4 Å². The van der Waals surface area contributed by atoms with Gasteiger partial charge >= 0.3 is 0 Å². The summed E-state index contributed by atoms with van der Waals surface area (Å²) in [7, 11) is -3.70. The predicted molar refractivity (Wildman–Crippen MR) is 76.3 cm³/mol. The minimum Gasteiger partial charge on any atom is -0.330 e. The van der Waals surface area contributed by atoms with E-state index in [0.717, 1.165) is 25.7 Å². The van der Waals surface area contributed by atoms with E-state index in [1.807, 2.05) is 0 Å². The van der Waals surface area contributed by atoms with Gasteiger partial charge in [0.05, 0.1) is 4.90 Å². The fourth-order valence-electron chi connectivity index (χ4n) is 2.79. The van der Waals surface area contributed by atoms with Gasteiger partial charge in [0.2, 0.25) is 10.0 Å². The Labute approximate surface area is 119 Å². The van der Waals surface area contributed by atoms with Crippen LogP contribution < -0.4 is 10.5 Å². The molecule has 1 aromatic carbocycles. The van der Waals surface area contributed by atoms with E-state index in [-0.39, 0.29) is 22.4 Å². The third-order valence-corrected chi connectivity index (χ3v) is 5.66. The molecule has 1 saturated carbocycles. The number of halogens is 1. The van der Waals surface area contributed by atoms with Crippen LogP contribution in [-0.4, -0.2) is 21.0 Å². The van der Waals surface area contributed by atoms with Crippen LogP contribution in [-0.2, 0) is 10.0 Å². The number of hydrogen-bond acceptors (Lipinski definition) is 3. The summed E-state index contributed by atoms with van der Waals surface area (Å²) in [6, 6.07) is 3.96. The SMILES string of the molecule is Cc1c(F)cccc1S(=O)(=O)NC1CCCCC1CN. The lowest BCUT2D eigenvalue weighted by molar-refractivity contribution is 0.296. The molecule has 0 bridgehead atoms. The molecule has 0 radical (unpaired) electrons. The average molecular weight is 300 g/mol. The second-order valence-electron chi connectivity index (χ2n) is 5.37. The molecule has 1 aliphatic rings. The number of sulfonamides is 1. The summed E-state index contributed by atoms with van der Waals surface area (Å²) in [5.74, 6) is -0.348. The van der Waals surface area contributed by atoms with Crippen molar-refractivity contribution in [1.82, 2.24) is 4.72 Å². The van der Waals surface area contributed by atoms with Crippen LogP contribution in [0.15, 0.2) is 23.1 Å². The quantitative estimate of drug-likeness (QED) is 0.892. The van der Waals surface area contributed by atoms with E-state index in [0.29, 0.717) is 6.54 Å². The van der Waals surface area contributed by atoms with Gasteiger partial charge in [0.15, 0.2) is 0 Å². The van der Waals surface area contributed by atoms with Gasteiger partial charge < -0.3 is 5.73 Å². The molecule has 20 heavy (non-hydrogen) atoms. The Kier molecular flexibility index (Phi) is 4.78. The second-order valence-corrected chi connectivity index (χ2v) is 7.05. The molecule has 3 N–H and O–H groups in total. The van der Waals surface area contributed by atoms with Gasteiger partial charge in [-0.3, -0.25) is 0 Å². The van der Waals surface area contributed by atoms with Crippen molar-refractivity contribution >= 4 is 10.0 Å². The molecule has 1 aromatic rings. The Hall–Kier alpha value is -0.980. The molecule has 1 aliphatic carbocycles. The van der Waals surface area contributed by atoms with Crippen molar-refractivity contribution in [3.8, 4) is 0 Å². The lowest BCUT2D eigenvalue weighted by atomic mass is 9.85. The van der Waals surface area contributed by atoms with E-state index in [2.05, 4.69) is 4.72 Å². The molecule has 0 aromatic heterocycles.